The van der Waals surface area contributed by atoms with Crippen molar-refractivity contribution in [1.29, 1.82) is 0 Å². The van der Waals surface area contributed by atoms with E-state index in [2.05, 4.69) is 14.8 Å². The largest absolute Gasteiger partial charge is 0.491 e. The number of aliphatic hydroxyl groups excluding tert-OH is 1. The molecule has 1 atom stereocenters. The molecule has 0 radical (unpaired) electrons. The van der Waals surface area contributed by atoms with E-state index >= 15 is 0 Å². The summed E-state index contributed by atoms with van der Waals surface area (Å²) >= 11 is 0. The maximum Gasteiger partial charge on any atom is 0.162 e. The molecule has 1 N–H and O–H groups in total. The van der Waals surface area contributed by atoms with Crippen LogP contribution in [0.2, 0.25) is 0 Å². The minimum absolute atomic E-state index is 0.117. The lowest BCUT2D eigenvalue weighted by atomic mass is 10.1. The second-order valence-corrected chi connectivity index (χ2v) is 6.74. The smallest absolute Gasteiger partial charge is 0.162 e. The van der Waals surface area contributed by atoms with Crippen molar-refractivity contribution in [3.63, 3.8) is 0 Å². The van der Waals surface area contributed by atoms with Crippen molar-refractivity contribution in [3.8, 4) is 5.75 Å². The van der Waals surface area contributed by atoms with E-state index < -0.39 is 6.10 Å². The van der Waals surface area contributed by atoms with E-state index in [1.807, 2.05) is 31.3 Å². The Morgan fingerprint density at radius 2 is 1.89 bits per heavy atom. The molecular formula is C21H27N3O3. The maximum absolute atomic E-state index is 11.6. The molecule has 6 nitrogen and oxygen atoms in total. The number of Topliss-reactive ketones (excluding diaryl/α,β-unsaturated/α-hetero) is 1. The monoisotopic (exact) mass is 369 g/mol. The molecule has 2 aromatic rings. The third-order valence-electron chi connectivity index (χ3n) is 4.75. The zero-order chi connectivity index (χ0) is 19.1. The molecule has 144 valence electrons. The number of ketones is 1. The fraction of sp³-hybridized carbons (Fsp3) is 0.429. The molecule has 6 heteroatoms. The first-order valence-electron chi connectivity index (χ1n) is 9.48. The van der Waals surface area contributed by atoms with Crippen LogP contribution in [0, 0.1) is 0 Å². The number of carbonyl (C=O) groups excluding carboxylic acids is 1. The van der Waals surface area contributed by atoms with Crippen LogP contribution in [0.1, 0.15) is 23.7 Å². The van der Waals surface area contributed by atoms with Gasteiger partial charge >= 0.3 is 0 Å². The predicted molar refractivity (Wildman–Crippen MR) is 105 cm³/mol. The molecule has 1 aliphatic heterocycles. The maximum atomic E-state index is 11.6. The average Bonchev–Trinajstić information content (AvgIpc) is 2.73. The summed E-state index contributed by atoms with van der Waals surface area (Å²) in [7, 11) is 0. The number of aromatic nitrogens is 1. The summed E-state index contributed by atoms with van der Waals surface area (Å²) in [5.74, 6) is 1.79. The summed E-state index contributed by atoms with van der Waals surface area (Å²) in [5, 5.41) is 10.3. The second kappa shape index (κ2) is 9.48. The van der Waals surface area contributed by atoms with Gasteiger partial charge in [0.15, 0.2) is 5.78 Å². The number of anilines is 1. The molecule has 0 spiro atoms. The fourth-order valence-electron chi connectivity index (χ4n) is 3.18. The van der Waals surface area contributed by atoms with Crippen molar-refractivity contribution in [2.24, 2.45) is 0 Å². The van der Waals surface area contributed by atoms with Crippen LogP contribution in [0.5, 0.6) is 5.75 Å². The lowest BCUT2D eigenvalue weighted by molar-refractivity contribution is 0.0662. The molecule has 1 aliphatic rings. The first kappa shape index (κ1) is 19.3. The van der Waals surface area contributed by atoms with E-state index in [1.54, 1.807) is 24.3 Å². The topological polar surface area (TPSA) is 65.9 Å². The number of nitrogens with zero attached hydrogens (tertiary/aromatic N) is 3. The highest BCUT2D eigenvalue weighted by Crippen LogP contribution is 2.15. The Kier molecular flexibility index (Phi) is 6.79. The van der Waals surface area contributed by atoms with E-state index in [-0.39, 0.29) is 12.4 Å². The third kappa shape index (κ3) is 5.52. The molecule has 0 saturated carbocycles. The zero-order valence-corrected chi connectivity index (χ0v) is 15.8. The molecule has 27 heavy (non-hydrogen) atoms. The Bertz CT molecular complexity index is 713. The average molecular weight is 369 g/mol. The number of pyridine rings is 1. The van der Waals surface area contributed by atoms with Crippen LogP contribution in [0.15, 0.2) is 48.7 Å². The van der Waals surface area contributed by atoms with Crippen LogP contribution in [-0.4, -0.2) is 66.2 Å². The van der Waals surface area contributed by atoms with Crippen LogP contribution in [-0.2, 0) is 0 Å². The second-order valence-electron chi connectivity index (χ2n) is 6.74. The summed E-state index contributed by atoms with van der Waals surface area (Å²) in [5.41, 5.74) is 0.691. The fourth-order valence-corrected chi connectivity index (χ4v) is 3.18. The Balaban J connectivity index is 1.40. The van der Waals surface area contributed by atoms with Gasteiger partial charge in [-0.1, -0.05) is 13.0 Å². The van der Waals surface area contributed by atoms with E-state index in [9.17, 15) is 9.90 Å². The Morgan fingerprint density at radius 1 is 1.15 bits per heavy atom. The first-order chi connectivity index (χ1) is 13.2. The van der Waals surface area contributed by atoms with E-state index in [0.29, 0.717) is 24.3 Å². The molecule has 0 amide bonds. The van der Waals surface area contributed by atoms with Gasteiger partial charge in [-0.05, 0) is 36.4 Å². The third-order valence-corrected chi connectivity index (χ3v) is 4.75. The van der Waals surface area contributed by atoms with E-state index in [4.69, 9.17) is 4.74 Å². The van der Waals surface area contributed by atoms with Crippen molar-refractivity contribution in [2.75, 3.05) is 44.2 Å². The number of piperazine rings is 1. The van der Waals surface area contributed by atoms with Gasteiger partial charge in [-0.3, -0.25) is 9.69 Å². The molecule has 1 saturated heterocycles. The van der Waals surface area contributed by atoms with Gasteiger partial charge in [0.25, 0.3) is 0 Å². The standard InChI is InChI=1S/C21H27N3O3/c1-2-20(26)17-6-8-19(9-7-17)27-16-18(25)15-23-11-13-24(14-12-23)21-5-3-4-10-22-21/h3-10,18,25H,2,11-16H2,1H3/t18-/m1/s1. The first-order valence-corrected chi connectivity index (χ1v) is 9.48. The van der Waals surface area contributed by atoms with Crippen molar-refractivity contribution in [2.45, 2.75) is 19.4 Å². The lowest BCUT2D eigenvalue weighted by Crippen LogP contribution is -2.49. The van der Waals surface area contributed by atoms with E-state index in [1.165, 1.54) is 0 Å². The number of hydrogen-bond acceptors (Lipinski definition) is 6. The number of hydrogen-bond donors (Lipinski definition) is 1. The number of carbonyl (C=O) groups is 1. The molecule has 2 heterocycles. The lowest BCUT2D eigenvalue weighted by Gasteiger charge is -2.36. The highest BCUT2D eigenvalue weighted by molar-refractivity contribution is 5.95. The number of ether oxygens (including phenoxy) is 1. The quantitative estimate of drug-likeness (QED) is 0.720. The molecule has 0 bridgehead atoms. The van der Waals surface area contributed by atoms with E-state index in [0.717, 1.165) is 32.0 Å². The Morgan fingerprint density at radius 3 is 2.52 bits per heavy atom. The van der Waals surface area contributed by atoms with Crippen LogP contribution < -0.4 is 9.64 Å². The number of β-amino-alcohol motifs (C(OH)–C–C–N with tert-alkyl or cyclic N) is 1. The van der Waals surface area contributed by atoms with Crippen molar-refractivity contribution in [1.82, 2.24) is 9.88 Å². The van der Waals surface area contributed by atoms with Crippen molar-refractivity contribution >= 4 is 11.6 Å². The van der Waals surface area contributed by atoms with Crippen LogP contribution in [0.25, 0.3) is 0 Å². The Labute approximate surface area is 160 Å². The van der Waals surface area contributed by atoms with Gasteiger partial charge in [0.2, 0.25) is 0 Å². The minimum atomic E-state index is -0.552. The highest BCUT2D eigenvalue weighted by atomic mass is 16.5. The molecule has 1 aromatic heterocycles. The zero-order valence-electron chi connectivity index (χ0n) is 15.8. The molecule has 3 rings (SSSR count). The van der Waals surface area contributed by atoms with Crippen LogP contribution >= 0.6 is 0 Å². The van der Waals surface area contributed by atoms with Crippen molar-refractivity contribution < 1.29 is 14.6 Å². The highest BCUT2D eigenvalue weighted by Gasteiger charge is 2.20. The van der Waals surface area contributed by atoms with Crippen molar-refractivity contribution in [3.05, 3.63) is 54.2 Å². The van der Waals surface area contributed by atoms with Crippen LogP contribution in [0.3, 0.4) is 0 Å². The Hall–Kier alpha value is -2.44. The molecule has 1 aromatic carbocycles. The molecular weight excluding hydrogens is 342 g/mol. The van der Waals surface area contributed by atoms with Gasteiger partial charge in [0, 0.05) is 50.9 Å². The molecule has 0 unspecified atom stereocenters. The number of rotatable bonds is 8. The molecule has 0 aliphatic carbocycles. The number of benzene rings is 1. The number of aliphatic hydroxyl groups is 1. The molecule has 1 fully saturated rings. The van der Waals surface area contributed by atoms with Gasteiger partial charge < -0.3 is 14.7 Å². The predicted octanol–water partition coefficient (Wildman–Crippen LogP) is 2.24. The van der Waals surface area contributed by atoms with Gasteiger partial charge in [0.1, 0.15) is 24.3 Å². The van der Waals surface area contributed by atoms with Crippen LogP contribution in [0.4, 0.5) is 5.82 Å². The summed E-state index contributed by atoms with van der Waals surface area (Å²) in [6.45, 7) is 6.25. The summed E-state index contributed by atoms with van der Waals surface area (Å²) in [4.78, 5) is 20.5. The van der Waals surface area contributed by atoms with Gasteiger partial charge in [0.05, 0.1) is 0 Å². The summed E-state index contributed by atoms with van der Waals surface area (Å²) in [6, 6.07) is 13.0. The summed E-state index contributed by atoms with van der Waals surface area (Å²) < 4.78 is 5.66. The normalized spacial score (nSPS) is 16.1. The SMILES string of the molecule is CCC(=O)c1ccc(OC[C@H](O)CN2CCN(c3ccccn3)CC2)cc1. The van der Waals surface area contributed by atoms with Gasteiger partial charge in [-0.15, -0.1) is 0 Å². The minimum Gasteiger partial charge on any atom is -0.491 e. The summed E-state index contributed by atoms with van der Waals surface area (Å²) in [6.07, 6.45) is 1.75. The van der Waals surface area contributed by atoms with Gasteiger partial charge in [-0.25, -0.2) is 4.98 Å². The van der Waals surface area contributed by atoms with Gasteiger partial charge in [-0.2, -0.15) is 0 Å².